The number of pyridine rings is 1. The van der Waals surface area contributed by atoms with Gasteiger partial charge in [0.15, 0.2) is 5.13 Å². The van der Waals surface area contributed by atoms with Gasteiger partial charge in [-0.05, 0) is 86.2 Å². The molecule has 0 aliphatic carbocycles. The molecule has 242 valence electrons. The Hall–Kier alpha value is -3.87. The Morgan fingerprint density at radius 1 is 0.957 bits per heavy atom. The molecular weight excluding hydrogens is 627 g/mol. The number of imidazole rings is 1. The van der Waals surface area contributed by atoms with Crippen LogP contribution in [-0.2, 0) is 22.9 Å². The van der Waals surface area contributed by atoms with Gasteiger partial charge in [-0.1, -0.05) is 19.1 Å². The number of nitrogens with zero attached hydrogens (tertiary/aromatic N) is 6. The third-order valence-corrected chi connectivity index (χ3v) is 11.7. The molecule has 2 aromatic carbocycles. The lowest BCUT2D eigenvalue weighted by atomic mass is 10.0. The van der Waals surface area contributed by atoms with E-state index in [1.54, 1.807) is 29.4 Å². The van der Waals surface area contributed by atoms with Gasteiger partial charge in [0.2, 0.25) is 10.0 Å². The summed E-state index contributed by atoms with van der Waals surface area (Å²) in [4.78, 5) is 13.9. The number of halogens is 2. The Morgan fingerprint density at radius 3 is 2.41 bits per heavy atom. The zero-order chi connectivity index (χ0) is 32.6. The van der Waals surface area contributed by atoms with Crippen LogP contribution in [0.15, 0.2) is 60.1 Å². The van der Waals surface area contributed by atoms with Crippen LogP contribution in [0.1, 0.15) is 35.7 Å². The van der Waals surface area contributed by atoms with Crippen LogP contribution in [0.3, 0.4) is 0 Å². The topological polar surface area (TPSA) is 74.1 Å². The number of sulfonamides is 1. The van der Waals surface area contributed by atoms with Crippen molar-refractivity contribution in [3.05, 3.63) is 94.1 Å². The Labute approximate surface area is 273 Å². The second-order valence-electron chi connectivity index (χ2n) is 11.7. The van der Waals surface area contributed by atoms with Gasteiger partial charge >= 0.3 is 0 Å². The fraction of sp³-hybridized carbons (Fsp3) is 0.353. The second-order valence-corrected chi connectivity index (χ2v) is 14.6. The lowest BCUT2D eigenvalue weighted by molar-refractivity contribution is 0.384. The molecule has 0 amide bonds. The standard InChI is InChI=1S/C34H38F2N6O2S2/c1-5-29-33(39(4)34-38-30(22-45-34)25-10-12-27(35)13-11-25)42-21-28(14-15-31(42)37-29)40-16-18-41(19-17-40)46(43,44)20-6-7-26-9-8-23(2)24(3)32(26)36/h8-15,21-22H,5-7,16-20H2,1-4H3. The van der Waals surface area contributed by atoms with Crippen LogP contribution in [0, 0.1) is 25.5 Å². The van der Waals surface area contributed by atoms with Crippen molar-refractivity contribution in [2.45, 2.75) is 40.0 Å². The predicted molar refractivity (Wildman–Crippen MR) is 182 cm³/mol. The second kappa shape index (κ2) is 13.1. The first-order valence-electron chi connectivity index (χ1n) is 15.5. The number of aromatic nitrogens is 3. The molecule has 0 bridgehead atoms. The molecule has 0 saturated carbocycles. The van der Waals surface area contributed by atoms with E-state index in [1.807, 2.05) is 42.5 Å². The summed E-state index contributed by atoms with van der Waals surface area (Å²) in [7, 11) is -1.48. The van der Waals surface area contributed by atoms with Gasteiger partial charge in [0, 0.05) is 50.4 Å². The first kappa shape index (κ1) is 32.1. The molecule has 1 aliphatic heterocycles. The van der Waals surface area contributed by atoms with Gasteiger partial charge in [-0.25, -0.2) is 27.2 Å². The monoisotopic (exact) mass is 664 g/mol. The molecule has 0 atom stereocenters. The summed E-state index contributed by atoms with van der Waals surface area (Å²) in [6, 6.07) is 14.0. The molecule has 46 heavy (non-hydrogen) atoms. The first-order valence-corrected chi connectivity index (χ1v) is 18.0. The largest absolute Gasteiger partial charge is 0.368 e. The average Bonchev–Trinajstić information content (AvgIpc) is 3.70. The Morgan fingerprint density at radius 2 is 1.70 bits per heavy atom. The Balaban J connectivity index is 1.14. The summed E-state index contributed by atoms with van der Waals surface area (Å²) in [5.74, 6) is 0.397. The van der Waals surface area contributed by atoms with Crippen molar-refractivity contribution in [3.8, 4) is 11.3 Å². The number of fused-ring (bicyclic) bond motifs is 1. The van der Waals surface area contributed by atoms with Gasteiger partial charge in [0.1, 0.15) is 23.1 Å². The Kier molecular flexibility index (Phi) is 9.13. The van der Waals surface area contributed by atoms with E-state index >= 15 is 0 Å². The van der Waals surface area contributed by atoms with Crippen LogP contribution >= 0.6 is 11.3 Å². The van der Waals surface area contributed by atoms with Crippen LogP contribution in [-0.4, -0.2) is 66.1 Å². The number of anilines is 3. The molecule has 5 aromatic rings. The van der Waals surface area contributed by atoms with E-state index in [-0.39, 0.29) is 17.4 Å². The van der Waals surface area contributed by atoms with Gasteiger partial charge in [-0.2, -0.15) is 4.31 Å². The van der Waals surface area contributed by atoms with Gasteiger partial charge in [-0.3, -0.25) is 4.40 Å². The number of aryl methyl sites for hydroxylation is 3. The minimum atomic E-state index is -3.46. The third-order valence-electron chi connectivity index (χ3n) is 8.80. The number of hydrogen-bond acceptors (Lipinski definition) is 7. The van der Waals surface area contributed by atoms with E-state index in [0.29, 0.717) is 50.1 Å². The SMILES string of the molecule is CCc1nc2ccc(N3CCN(S(=O)(=O)CCCc4ccc(C)c(C)c4F)CC3)cn2c1N(C)c1nc(-c2ccc(F)cc2)cs1. The minimum absolute atomic E-state index is 0.00449. The molecule has 0 N–H and O–H groups in total. The number of piperazine rings is 1. The van der Waals surface area contributed by atoms with Crippen molar-refractivity contribution in [1.29, 1.82) is 0 Å². The number of benzene rings is 2. The number of rotatable bonds is 10. The summed E-state index contributed by atoms with van der Waals surface area (Å²) < 4.78 is 58.0. The Bertz CT molecular complexity index is 1970. The zero-order valence-corrected chi connectivity index (χ0v) is 28.1. The van der Waals surface area contributed by atoms with Crippen LogP contribution in [0.2, 0.25) is 0 Å². The summed E-state index contributed by atoms with van der Waals surface area (Å²) in [5.41, 5.74) is 6.45. The van der Waals surface area contributed by atoms with Crippen molar-refractivity contribution >= 4 is 43.6 Å². The van der Waals surface area contributed by atoms with Gasteiger partial charge in [-0.15, -0.1) is 11.3 Å². The highest BCUT2D eigenvalue weighted by atomic mass is 32.2. The highest BCUT2D eigenvalue weighted by Crippen LogP contribution is 2.34. The van der Waals surface area contributed by atoms with Crippen molar-refractivity contribution < 1.29 is 17.2 Å². The van der Waals surface area contributed by atoms with Gasteiger partial charge < -0.3 is 9.80 Å². The molecular formula is C34H38F2N6O2S2. The van der Waals surface area contributed by atoms with Gasteiger partial charge in [0.05, 0.1) is 22.8 Å². The maximum absolute atomic E-state index is 14.6. The number of thiazole rings is 1. The molecule has 0 radical (unpaired) electrons. The molecule has 12 heteroatoms. The molecule has 4 heterocycles. The lowest BCUT2D eigenvalue weighted by Gasteiger charge is -2.35. The van der Waals surface area contributed by atoms with E-state index in [9.17, 15) is 17.2 Å². The molecule has 1 saturated heterocycles. The molecule has 3 aromatic heterocycles. The minimum Gasteiger partial charge on any atom is -0.368 e. The van der Waals surface area contributed by atoms with Crippen molar-refractivity contribution in [3.63, 3.8) is 0 Å². The highest BCUT2D eigenvalue weighted by Gasteiger charge is 2.28. The van der Waals surface area contributed by atoms with Crippen LogP contribution in [0.4, 0.5) is 25.4 Å². The van der Waals surface area contributed by atoms with Crippen molar-refractivity contribution in [2.75, 3.05) is 48.8 Å². The summed E-state index contributed by atoms with van der Waals surface area (Å²) in [6.07, 6.45) is 3.56. The third kappa shape index (κ3) is 6.38. The van der Waals surface area contributed by atoms with Crippen LogP contribution in [0.25, 0.3) is 16.9 Å². The van der Waals surface area contributed by atoms with E-state index in [1.165, 1.54) is 23.5 Å². The van der Waals surface area contributed by atoms with E-state index in [0.717, 1.165) is 51.2 Å². The van der Waals surface area contributed by atoms with E-state index in [2.05, 4.69) is 22.4 Å². The summed E-state index contributed by atoms with van der Waals surface area (Å²) in [5, 5.41) is 2.76. The smallest absolute Gasteiger partial charge is 0.214 e. The molecule has 8 nitrogen and oxygen atoms in total. The van der Waals surface area contributed by atoms with E-state index in [4.69, 9.17) is 9.97 Å². The van der Waals surface area contributed by atoms with Crippen molar-refractivity contribution in [2.24, 2.45) is 0 Å². The fourth-order valence-electron chi connectivity index (χ4n) is 5.94. The molecule has 1 fully saturated rings. The summed E-state index contributed by atoms with van der Waals surface area (Å²) in [6.45, 7) is 7.60. The fourth-order valence-corrected chi connectivity index (χ4v) is 8.23. The maximum Gasteiger partial charge on any atom is 0.214 e. The normalized spacial score (nSPS) is 14.3. The highest BCUT2D eigenvalue weighted by molar-refractivity contribution is 7.89. The summed E-state index contributed by atoms with van der Waals surface area (Å²) >= 11 is 1.51. The number of hydrogen-bond donors (Lipinski definition) is 0. The molecule has 0 unspecified atom stereocenters. The molecule has 0 spiro atoms. The average molecular weight is 665 g/mol. The van der Waals surface area contributed by atoms with E-state index < -0.39 is 10.0 Å². The van der Waals surface area contributed by atoms with Crippen LogP contribution < -0.4 is 9.80 Å². The predicted octanol–water partition coefficient (Wildman–Crippen LogP) is 6.77. The van der Waals surface area contributed by atoms with Crippen LogP contribution in [0.5, 0.6) is 0 Å². The first-order chi connectivity index (χ1) is 22.1. The molecule has 6 rings (SSSR count). The lowest BCUT2D eigenvalue weighted by Crippen LogP contribution is -2.49. The molecule has 1 aliphatic rings. The maximum atomic E-state index is 14.6. The van der Waals surface area contributed by atoms with Gasteiger partial charge in [0.25, 0.3) is 0 Å². The quantitative estimate of drug-likeness (QED) is 0.164. The zero-order valence-electron chi connectivity index (χ0n) is 26.5. The van der Waals surface area contributed by atoms with Crippen molar-refractivity contribution in [1.82, 2.24) is 18.7 Å².